The van der Waals surface area contributed by atoms with Crippen molar-refractivity contribution in [3.63, 3.8) is 0 Å². The van der Waals surface area contributed by atoms with E-state index in [1.54, 1.807) is 18.3 Å². The lowest BCUT2D eigenvalue weighted by Gasteiger charge is -2.27. The molecule has 4 rings (SSSR count). The van der Waals surface area contributed by atoms with Crippen molar-refractivity contribution in [2.75, 3.05) is 13.7 Å². The number of fused-ring (bicyclic) bond motifs is 1. The first-order valence-electron chi connectivity index (χ1n) is 8.82. The van der Waals surface area contributed by atoms with E-state index in [9.17, 15) is 9.18 Å². The number of benzene rings is 1. The quantitative estimate of drug-likeness (QED) is 0.728. The number of nitrogens with one attached hydrogen (secondary N) is 1. The molecule has 0 amide bonds. The van der Waals surface area contributed by atoms with Crippen LogP contribution >= 0.6 is 11.6 Å². The maximum absolute atomic E-state index is 13.9. The number of aromatic nitrogens is 3. The molecule has 8 heteroatoms. The molecule has 6 nitrogen and oxygen atoms in total. The first kappa shape index (κ1) is 18.6. The summed E-state index contributed by atoms with van der Waals surface area (Å²) in [6.45, 7) is 1.66. The second-order valence-electron chi connectivity index (χ2n) is 6.64. The summed E-state index contributed by atoms with van der Waals surface area (Å²) in [5.74, 6) is 0.0166. The van der Waals surface area contributed by atoms with Gasteiger partial charge in [0.05, 0.1) is 18.4 Å². The van der Waals surface area contributed by atoms with E-state index < -0.39 is 5.82 Å². The normalized spacial score (nSPS) is 14.0. The zero-order chi connectivity index (χ0) is 19.7. The molecule has 0 saturated heterocycles. The second-order valence-corrected chi connectivity index (χ2v) is 7.08. The van der Waals surface area contributed by atoms with Crippen LogP contribution in [0.5, 0.6) is 5.88 Å². The number of pyridine rings is 1. The number of ether oxygens (including phenoxy) is 1. The molecule has 28 heavy (non-hydrogen) atoms. The van der Waals surface area contributed by atoms with Gasteiger partial charge >= 0.3 is 0 Å². The van der Waals surface area contributed by atoms with E-state index in [0.29, 0.717) is 35.9 Å². The van der Waals surface area contributed by atoms with Gasteiger partial charge in [-0.2, -0.15) is 0 Å². The van der Waals surface area contributed by atoms with Gasteiger partial charge in [0.2, 0.25) is 5.88 Å². The summed E-state index contributed by atoms with van der Waals surface area (Å²) in [4.78, 5) is 26.2. The molecule has 1 aliphatic rings. The molecule has 3 heterocycles. The topological polar surface area (TPSA) is 71.1 Å². The second kappa shape index (κ2) is 7.69. The third kappa shape index (κ3) is 3.76. The summed E-state index contributed by atoms with van der Waals surface area (Å²) >= 11 is 5.92. The molecule has 1 aliphatic heterocycles. The zero-order valence-corrected chi connectivity index (χ0v) is 16.0. The molecule has 0 saturated carbocycles. The number of halogens is 2. The molecule has 0 atom stereocenters. The van der Waals surface area contributed by atoms with E-state index in [0.717, 1.165) is 23.4 Å². The predicted octanol–water partition coefficient (Wildman–Crippen LogP) is 3.19. The van der Waals surface area contributed by atoms with E-state index >= 15 is 0 Å². The third-order valence-corrected chi connectivity index (χ3v) is 4.98. The van der Waals surface area contributed by atoms with Gasteiger partial charge in [-0.3, -0.25) is 9.69 Å². The van der Waals surface area contributed by atoms with Gasteiger partial charge in [0, 0.05) is 42.8 Å². The van der Waals surface area contributed by atoms with Crippen molar-refractivity contribution in [1.82, 2.24) is 19.9 Å². The van der Waals surface area contributed by atoms with Crippen molar-refractivity contribution >= 4 is 11.6 Å². The van der Waals surface area contributed by atoms with Crippen LogP contribution in [0.15, 0.2) is 41.3 Å². The smallest absolute Gasteiger partial charge is 0.255 e. The van der Waals surface area contributed by atoms with Crippen molar-refractivity contribution < 1.29 is 9.13 Å². The van der Waals surface area contributed by atoms with Crippen LogP contribution in [0.2, 0.25) is 5.02 Å². The van der Waals surface area contributed by atoms with Crippen LogP contribution in [-0.2, 0) is 19.5 Å². The molecular weight excluding hydrogens is 383 g/mol. The fraction of sp³-hybridized carbons (Fsp3) is 0.250. The summed E-state index contributed by atoms with van der Waals surface area (Å²) in [6, 6.07) is 8.59. The first-order chi connectivity index (χ1) is 13.5. The van der Waals surface area contributed by atoms with Crippen LogP contribution in [0.25, 0.3) is 11.4 Å². The highest BCUT2D eigenvalue weighted by Gasteiger charge is 2.22. The molecule has 0 fully saturated rings. The average molecular weight is 401 g/mol. The average Bonchev–Trinajstić information content (AvgIpc) is 2.69. The standard InChI is InChI=1S/C20H18ClFN4O2/c1-28-20-16(22)8-12(9-23-20)10-26-7-6-17-15(11-26)19(27)25-18(24-17)13-2-4-14(21)5-3-13/h2-5,8-9H,6-7,10-11H2,1H3,(H,24,25,27). The Hall–Kier alpha value is -2.77. The van der Waals surface area contributed by atoms with E-state index in [1.165, 1.54) is 13.2 Å². The van der Waals surface area contributed by atoms with Gasteiger partial charge < -0.3 is 9.72 Å². The maximum atomic E-state index is 13.9. The van der Waals surface area contributed by atoms with Crippen LogP contribution < -0.4 is 10.3 Å². The van der Waals surface area contributed by atoms with Gasteiger partial charge in [-0.25, -0.2) is 14.4 Å². The maximum Gasteiger partial charge on any atom is 0.255 e. The lowest BCUT2D eigenvalue weighted by Crippen LogP contribution is -2.35. The van der Waals surface area contributed by atoms with Crippen molar-refractivity contribution in [3.8, 4) is 17.3 Å². The Morgan fingerprint density at radius 2 is 2.11 bits per heavy atom. The molecule has 0 spiro atoms. The van der Waals surface area contributed by atoms with Crippen LogP contribution in [-0.4, -0.2) is 33.5 Å². The molecular formula is C20H18ClFN4O2. The van der Waals surface area contributed by atoms with Gasteiger partial charge in [-0.15, -0.1) is 0 Å². The largest absolute Gasteiger partial charge is 0.479 e. The van der Waals surface area contributed by atoms with Crippen molar-refractivity contribution in [2.45, 2.75) is 19.5 Å². The number of aromatic amines is 1. The number of rotatable bonds is 4. The minimum atomic E-state index is -0.496. The molecule has 0 bridgehead atoms. The number of methoxy groups -OCH3 is 1. The Labute approximate surface area is 166 Å². The summed E-state index contributed by atoms with van der Waals surface area (Å²) < 4.78 is 18.7. The van der Waals surface area contributed by atoms with Crippen LogP contribution in [0.3, 0.4) is 0 Å². The summed E-state index contributed by atoms with van der Waals surface area (Å²) in [5, 5.41) is 0.629. The fourth-order valence-corrected chi connectivity index (χ4v) is 3.45. The first-order valence-corrected chi connectivity index (χ1v) is 9.20. The number of hydrogen-bond acceptors (Lipinski definition) is 5. The van der Waals surface area contributed by atoms with Gasteiger partial charge in [0.1, 0.15) is 5.82 Å². The molecule has 1 N–H and O–H groups in total. The molecule has 2 aromatic heterocycles. The van der Waals surface area contributed by atoms with Crippen molar-refractivity contribution in [2.24, 2.45) is 0 Å². The van der Waals surface area contributed by atoms with Crippen LogP contribution in [0.4, 0.5) is 4.39 Å². The van der Waals surface area contributed by atoms with E-state index in [4.69, 9.17) is 16.3 Å². The van der Waals surface area contributed by atoms with Gasteiger partial charge in [-0.1, -0.05) is 11.6 Å². The van der Waals surface area contributed by atoms with Crippen LogP contribution in [0.1, 0.15) is 16.8 Å². The van der Waals surface area contributed by atoms with E-state index in [-0.39, 0.29) is 11.4 Å². The van der Waals surface area contributed by atoms with Crippen molar-refractivity contribution in [1.29, 1.82) is 0 Å². The Morgan fingerprint density at radius 3 is 2.82 bits per heavy atom. The van der Waals surface area contributed by atoms with Gasteiger partial charge in [0.15, 0.2) is 5.82 Å². The lowest BCUT2D eigenvalue weighted by molar-refractivity contribution is 0.241. The van der Waals surface area contributed by atoms with Crippen LogP contribution in [0, 0.1) is 5.82 Å². The summed E-state index contributed by atoms with van der Waals surface area (Å²) in [6.07, 6.45) is 2.23. The Kier molecular flexibility index (Phi) is 5.11. The molecule has 0 aliphatic carbocycles. The number of H-pyrrole nitrogens is 1. The number of hydrogen-bond donors (Lipinski definition) is 1. The Bertz CT molecular complexity index is 1070. The highest BCUT2D eigenvalue weighted by atomic mass is 35.5. The zero-order valence-electron chi connectivity index (χ0n) is 15.2. The molecule has 1 aromatic carbocycles. The molecule has 3 aromatic rings. The Morgan fingerprint density at radius 1 is 1.32 bits per heavy atom. The monoisotopic (exact) mass is 400 g/mol. The minimum absolute atomic E-state index is 0.0249. The Balaban J connectivity index is 1.55. The highest BCUT2D eigenvalue weighted by molar-refractivity contribution is 6.30. The summed E-state index contributed by atoms with van der Waals surface area (Å²) in [5.41, 5.74) is 2.82. The minimum Gasteiger partial charge on any atom is -0.479 e. The summed E-state index contributed by atoms with van der Waals surface area (Å²) in [7, 11) is 1.38. The predicted molar refractivity (Wildman–Crippen MR) is 104 cm³/mol. The number of nitrogens with zero attached hydrogens (tertiary/aromatic N) is 3. The van der Waals surface area contributed by atoms with E-state index in [2.05, 4.69) is 19.9 Å². The van der Waals surface area contributed by atoms with Crippen molar-refractivity contribution in [3.05, 3.63) is 74.5 Å². The molecule has 0 unspecified atom stereocenters. The highest BCUT2D eigenvalue weighted by Crippen LogP contribution is 2.22. The van der Waals surface area contributed by atoms with Gasteiger partial charge in [-0.05, 0) is 35.9 Å². The molecule has 144 valence electrons. The third-order valence-electron chi connectivity index (χ3n) is 4.73. The fourth-order valence-electron chi connectivity index (χ4n) is 3.32. The van der Waals surface area contributed by atoms with E-state index in [1.807, 2.05) is 12.1 Å². The SMILES string of the molecule is COc1ncc(CN2CCc3nc(-c4ccc(Cl)cc4)[nH]c(=O)c3C2)cc1F. The molecule has 0 radical (unpaired) electrons. The lowest BCUT2D eigenvalue weighted by atomic mass is 10.1. The van der Waals surface area contributed by atoms with Gasteiger partial charge in [0.25, 0.3) is 5.56 Å².